The van der Waals surface area contributed by atoms with E-state index in [9.17, 15) is 4.79 Å². The summed E-state index contributed by atoms with van der Waals surface area (Å²) >= 11 is 0. The molecular formula is C14H17N3O. The van der Waals surface area contributed by atoms with E-state index in [2.05, 4.69) is 16.3 Å². The standard InChI is InChI=1S/C14H17N3O/c15-8-6-13(12-4-2-1-3-5-12)17-10-7-14(18)16-9-11-17/h1-5,13H,6-7,9-11H2,(H,16,18). The lowest BCUT2D eigenvalue weighted by atomic mass is 10.0. The zero-order valence-electron chi connectivity index (χ0n) is 10.3. The lowest BCUT2D eigenvalue weighted by molar-refractivity contribution is -0.120. The average Bonchev–Trinajstić information content (AvgIpc) is 2.62. The summed E-state index contributed by atoms with van der Waals surface area (Å²) in [6.07, 6.45) is 0.965. The quantitative estimate of drug-likeness (QED) is 0.874. The third-order valence-electron chi connectivity index (χ3n) is 3.26. The molecule has 1 amide bonds. The Balaban J connectivity index is 2.15. The fourth-order valence-corrected chi connectivity index (χ4v) is 2.32. The van der Waals surface area contributed by atoms with E-state index in [4.69, 9.17) is 5.26 Å². The first kappa shape index (κ1) is 12.6. The first-order chi connectivity index (χ1) is 8.81. The van der Waals surface area contributed by atoms with Crippen molar-refractivity contribution in [2.45, 2.75) is 18.9 Å². The van der Waals surface area contributed by atoms with Gasteiger partial charge in [0.2, 0.25) is 5.91 Å². The van der Waals surface area contributed by atoms with Gasteiger partial charge in [-0.2, -0.15) is 5.26 Å². The second-order valence-corrected chi connectivity index (χ2v) is 4.42. The normalized spacial score (nSPS) is 18.5. The third kappa shape index (κ3) is 3.08. The molecule has 1 aliphatic heterocycles. The average molecular weight is 243 g/mol. The number of nitriles is 1. The molecule has 4 heteroatoms. The zero-order valence-corrected chi connectivity index (χ0v) is 10.3. The van der Waals surface area contributed by atoms with E-state index in [0.29, 0.717) is 25.9 Å². The molecule has 0 saturated carbocycles. The Labute approximate surface area is 107 Å². The monoisotopic (exact) mass is 243 g/mol. The highest BCUT2D eigenvalue weighted by Gasteiger charge is 2.22. The van der Waals surface area contributed by atoms with E-state index >= 15 is 0 Å². The smallest absolute Gasteiger partial charge is 0.221 e. The number of nitrogens with one attached hydrogen (secondary N) is 1. The molecular weight excluding hydrogens is 226 g/mol. The summed E-state index contributed by atoms with van der Waals surface area (Å²) in [5.41, 5.74) is 1.15. The number of amides is 1. The topological polar surface area (TPSA) is 56.1 Å². The Morgan fingerprint density at radius 3 is 2.83 bits per heavy atom. The molecule has 1 saturated heterocycles. The van der Waals surface area contributed by atoms with Gasteiger partial charge in [-0.3, -0.25) is 9.69 Å². The summed E-state index contributed by atoms with van der Waals surface area (Å²) in [5.74, 6) is 0.0984. The maximum absolute atomic E-state index is 11.3. The highest BCUT2D eigenvalue weighted by atomic mass is 16.1. The van der Waals surface area contributed by atoms with E-state index in [1.165, 1.54) is 0 Å². The second-order valence-electron chi connectivity index (χ2n) is 4.42. The van der Waals surface area contributed by atoms with E-state index in [-0.39, 0.29) is 11.9 Å². The molecule has 4 nitrogen and oxygen atoms in total. The van der Waals surface area contributed by atoms with E-state index in [1.54, 1.807) is 0 Å². The van der Waals surface area contributed by atoms with Crippen molar-refractivity contribution in [2.24, 2.45) is 0 Å². The second kappa shape index (κ2) is 6.18. The molecule has 18 heavy (non-hydrogen) atoms. The number of carbonyl (C=O) groups excluding carboxylic acids is 1. The summed E-state index contributed by atoms with van der Waals surface area (Å²) in [5, 5.41) is 11.9. The van der Waals surface area contributed by atoms with Crippen LogP contribution < -0.4 is 5.32 Å². The van der Waals surface area contributed by atoms with Crippen LogP contribution in [0.1, 0.15) is 24.4 Å². The molecule has 1 fully saturated rings. The fourth-order valence-electron chi connectivity index (χ4n) is 2.32. The largest absolute Gasteiger partial charge is 0.355 e. The van der Waals surface area contributed by atoms with Crippen molar-refractivity contribution in [3.05, 3.63) is 35.9 Å². The van der Waals surface area contributed by atoms with Crippen molar-refractivity contribution in [3.63, 3.8) is 0 Å². The molecule has 1 aromatic carbocycles. The van der Waals surface area contributed by atoms with E-state index < -0.39 is 0 Å². The van der Waals surface area contributed by atoms with Gasteiger partial charge in [-0.25, -0.2) is 0 Å². The van der Waals surface area contributed by atoms with Crippen molar-refractivity contribution in [1.82, 2.24) is 10.2 Å². The van der Waals surface area contributed by atoms with Crippen LogP contribution in [0.4, 0.5) is 0 Å². The van der Waals surface area contributed by atoms with Crippen molar-refractivity contribution >= 4 is 5.91 Å². The molecule has 0 radical (unpaired) electrons. The molecule has 2 rings (SSSR count). The molecule has 94 valence electrons. The Hall–Kier alpha value is -1.86. The summed E-state index contributed by atoms with van der Waals surface area (Å²) in [4.78, 5) is 13.6. The zero-order chi connectivity index (χ0) is 12.8. The van der Waals surface area contributed by atoms with Gasteiger partial charge in [-0.05, 0) is 5.56 Å². The van der Waals surface area contributed by atoms with Crippen molar-refractivity contribution < 1.29 is 4.79 Å². The minimum atomic E-state index is 0.0869. The van der Waals surface area contributed by atoms with Gasteiger partial charge in [-0.1, -0.05) is 30.3 Å². The highest BCUT2D eigenvalue weighted by Crippen LogP contribution is 2.24. The lowest BCUT2D eigenvalue weighted by Crippen LogP contribution is -2.32. The Morgan fingerprint density at radius 2 is 2.11 bits per heavy atom. The number of rotatable bonds is 3. The van der Waals surface area contributed by atoms with Crippen LogP contribution in [0.15, 0.2) is 30.3 Å². The van der Waals surface area contributed by atoms with Crippen LogP contribution in [-0.4, -0.2) is 30.4 Å². The summed E-state index contributed by atoms with van der Waals surface area (Å²) < 4.78 is 0. The fraction of sp³-hybridized carbons (Fsp3) is 0.429. The van der Waals surface area contributed by atoms with Crippen molar-refractivity contribution in [3.8, 4) is 6.07 Å². The van der Waals surface area contributed by atoms with Crippen LogP contribution in [0.25, 0.3) is 0 Å². The van der Waals surface area contributed by atoms with Gasteiger partial charge in [0, 0.05) is 32.1 Å². The minimum Gasteiger partial charge on any atom is -0.355 e. The number of hydrogen-bond donors (Lipinski definition) is 1. The third-order valence-corrected chi connectivity index (χ3v) is 3.26. The Bertz CT molecular complexity index is 438. The van der Waals surface area contributed by atoms with Gasteiger partial charge in [0.1, 0.15) is 0 Å². The van der Waals surface area contributed by atoms with Crippen LogP contribution in [0.2, 0.25) is 0 Å². The van der Waals surface area contributed by atoms with Gasteiger partial charge in [0.15, 0.2) is 0 Å². The van der Waals surface area contributed by atoms with E-state index in [0.717, 1.165) is 12.1 Å². The van der Waals surface area contributed by atoms with Gasteiger partial charge in [0.05, 0.1) is 12.5 Å². The number of benzene rings is 1. The van der Waals surface area contributed by atoms with Crippen molar-refractivity contribution in [2.75, 3.05) is 19.6 Å². The number of hydrogen-bond acceptors (Lipinski definition) is 3. The molecule has 1 aromatic rings. The minimum absolute atomic E-state index is 0.0869. The predicted molar refractivity (Wildman–Crippen MR) is 68.6 cm³/mol. The Kier molecular flexibility index (Phi) is 4.32. The van der Waals surface area contributed by atoms with Gasteiger partial charge >= 0.3 is 0 Å². The predicted octanol–water partition coefficient (Wildman–Crippen LogP) is 1.46. The summed E-state index contributed by atoms with van der Waals surface area (Å²) in [6, 6.07) is 12.4. The molecule has 1 heterocycles. The number of carbonyl (C=O) groups is 1. The van der Waals surface area contributed by atoms with Crippen LogP contribution in [0.5, 0.6) is 0 Å². The number of nitrogens with zero attached hydrogens (tertiary/aromatic N) is 2. The van der Waals surface area contributed by atoms with Crippen LogP contribution in [-0.2, 0) is 4.79 Å². The van der Waals surface area contributed by atoms with Gasteiger partial charge in [-0.15, -0.1) is 0 Å². The molecule has 0 aliphatic carbocycles. The SMILES string of the molecule is N#CCC(c1ccccc1)N1CCNC(=O)CC1. The molecule has 0 aromatic heterocycles. The summed E-state index contributed by atoms with van der Waals surface area (Å²) in [7, 11) is 0. The van der Waals surface area contributed by atoms with Gasteiger partial charge < -0.3 is 5.32 Å². The van der Waals surface area contributed by atoms with Crippen LogP contribution >= 0.6 is 0 Å². The molecule has 0 bridgehead atoms. The molecule has 0 spiro atoms. The first-order valence-electron chi connectivity index (χ1n) is 6.24. The molecule has 1 N–H and O–H groups in total. The van der Waals surface area contributed by atoms with Gasteiger partial charge in [0.25, 0.3) is 0 Å². The molecule has 1 atom stereocenters. The molecule has 1 unspecified atom stereocenters. The Morgan fingerprint density at radius 1 is 1.33 bits per heavy atom. The first-order valence-corrected chi connectivity index (χ1v) is 6.24. The van der Waals surface area contributed by atoms with E-state index in [1.807, 2.05) is 30.3 Å². The maximum Gasteiger partial charge on any atom is 0.221 e. The summed E-state index contributed by atoms with van der Waals surface area (Å²) in [6.45, 7) is 2.17. The van der Waals surface area contributed by atoms with Crippen LogP contribution in [0, 0.1) is 11.3 Å². The van der Waals surface area contributed by atoms with Crippen molar-refractivity contribution in [1.29, 1.82) is 5.26 Å². The van der Waals surface area contributed by atoms with Crippen LogP contribution in [0.3, 0.4) is 0 Å². The lowest BCUT2D eigenvalue weighted by Gasteiger charge is -2.28. The maximum atomic E-state index is 11.3. The highest BCUT2D eigenvalue weighted by molar-refractivity contribution is 5.76. The molecule has 1 aliphatic rings.